The van der Waals surface area contributed by atoms with Crippen LogP contribution in [0.3, 0.4) is 0 Å². The number of carbonyl (C=O) groups is 1. The van der Waals surface area contributed by atoms with Crippen molar-refractivity contribution in [1.29, 1.82) is 0 Å². The molecule has 0 heterocycles. The molecule has 1 atom stereocenters. The van der Waals surface area contributed by atoms with Gasteiger partial charge in [0.15, 0.2) is 0 Å². The van der Waals surface area contributed by atoms with Crippen LogP contribution < -0.4 is 10.1 Å². The molecule has 1 rings (SSSR count). The Labute approximate surface area is 111 Å². The highest BCUT2D eigenvalue weighted by Gasteiger charge is 2.18. The van der Waals surface area contributed by atoms with Crippen molar-refractivity contribution in [1.82, 2.24) is 5.32 Å². The van der Waals surface area contributed by atoms with Gasteiger partial charge < -0.3 is 14.6 Å². The van der Waals surface area contributed by atoms with Gasteiger partial charge in [0.25, 0.3) is 6.41 Å². The van der Waals surface area contributed by atoms with Crippen LogP contribution in [0.2, 0.25) is 5.02 Å². The van der Waals surface area contributed by atoms with E-state index in [0.717, 1.165) is 0 Å². The first-order valence-electron chi connectivity index (χ1n) is 5.36. The molecule has 0 radical (unpaired) electrons. The predicted molar refractivity (Wildman–Crippen MR) is 67.5 cm³/mol. The molecule has 0 aromatic heterocycles. The van der Waals surface area contributed by atoms with Crippen molar-refractivity contribution < 1.29 is 19.4 Å². The first-order chi connectivity index (χ1) is 8.26. The van der Waals surface area contributed by atoms with Crippen LogP contribution in [0, 0.1) is 0 Å². The van der Waals surface area contributed by atoms with E-state index in [2.05, 4.69) is 5.32 Å². The van der Waals surface area contributed by atoms with Crippen LogP contribution in [0.25, 0.3) is 0 Å². The molecule has 0 saturated carbocycles. The zero-order valence-electron chi connectivity index (χ0n) is 10.4. The largest absolute Gasteiger partial charge is 0.447 e. The lowest BCUT2D eigenvalue weighted by molar-refractivity contribution is -0.0491. The first kappa shape index (κ1) is 14.6. The van der Waals surface area contributed by atoms with Gasteiger partial charge in [0, 0.05) is 5.02 Å². The topological polar surface area (TPSA) is 67.8 Å². The van der Waals surface area contributed by atoms with Gasteiger partial charge in [-0.1, -0.05) is 11.6 Å². The Morgan fingerprint density at radius 1 is 1.33 bits per heavy atom. The molecule has 0 saturated heterocycles. The van der Waals surface area contributed by atoms with Gasteiger partial charge in [0.1, 0.15) is 11.4 Å². The van der Waals surface area contributed by atoms with E-state index in [4.69, 9.17) is 21.1 Å². The predicted octanol–water partition coefficient (Wildman–Crippen LogP) is 2.52. The Morgan fingerprint density at radius 3 is 2.39 bits per heavy atom. The zero-order valence-corrected chi connectivity index (χ0v) is 11.2. The first-order valence-corrected chi connectivity index (χ1v) is 5.74. The Balaban J connectivity index is 2.44. The fourth-order valence-electron chi connectivity index (χ4n) is 1.08. The van der Waals surface area contributed by atoms with Crippen molar-refractivity contribution in [3.05, 3.63) is 29.3 Å². The Kier molecular flexibility index (Phi) is 4.81. The molecule has 1 aromatic carbocycles. The normalized spacial score (nSPS) is 12.7. The van der Waals surface area contributed by atoms with Gasteiger partial charge in [-0.25, -0.2) is 4.79 Å². The molecular weight excluding hydrogens is 258 g/mol. The summed E-state index contributed by atoms with van der Waals surface area (Å²) in [5.74, 6) is 0.378. The summed E-state index contributed by atoms with van der Waals surface area (Å²) in [5, 5.41) is 12.2. The molecule has 6 heteroatoms. The van der Waals surface area contributed by atoms with E-state index in [9.17, 15) is 9.90 Å². The average Bonchev–Trinajstić information content (AvgIpc) is 2.18. The molecule has 0 fully saturated rings. The molecule has 2 N–H and O–H groups in total. The van der Waals surface area contributed by atoms with Crippen molar-refractivity contribution in [2.45, 2.75) is 32.8 Å². The fraction of sp³-hybridized carbons (Fsp3) is 0.417. The smallest absolute Gasteiger partial charge is 0.412 e. The SMILES string of the molecule is CC(C)(C)OC(=O)N[C@@H](O)Oc1ccc(Cl)cc1. The number of carbonyl (C=O) groups excluding carboxylic acids is 1. The lowest BCUT2D eigenvalue weighted by Gasteiger charge is -2.21. The molecule has 1 amide bonds. The maximum absolute atomic E-state index is 11.3. The zero-order chi connectivity index (χ0) is 13.8. The van der Waals surface area contributed by atoms with Gasteiger partial charge in [-0.05, 0) is 45.0 Å². The van der Waals surface area contributed by atoms with Crippen LogP contribution >= 0.6 is 11.6 Å². The summed E-state index contributed by atoms with van der Waals surface area (Å²) in [6, 6.07) is 6.36. The minimum Gasteiger partial charge on any atom is -0.447 e. The van der Waals surface area contributed by atoms with Crippen molar-refractivity contribution in [3.8, 4) is 5.75 Å². The number of aliphatic hydroxyl groups excluding tert-OH is 1. The van der Waals surface area contributed by atoms with E-state index in [1.54, 1.807) is 45.0 Å². The number of benzene rings is 1. The highest BCUT2D eigenvalue weighted by atomic mass is 35.5. The fourth-order valence-corrected chi connectivity index (χ4v) is 1.21. The standard InChI is InChI=1S/C12H16ClNO4/c1-12(2,3)18-11(16)14-10(15)17-9-6-4-8(13)5-7-9/h4-7,10,15H,1-3H3,(H,14,16)/t10-/m0/s1. The lowest BCUT2D eigenvalue weighted by Crippen LogP contribution is -2.42. The number of aliphatic hydroxyl groups is 1. The quantitative estimate of drug-likeness (QED) is 0.831. The average molecular weight is 274 g/mol. The monoisotopic (exact) mass is 273 g/mol. The molecule has 5 nitrogen and oxygen atoms in total. The molecule has 0 bridgehead atoms. The van der Waals surface area contributed by atoms with E-state index in [1.807, 2.05) is 0 Å². The van der Waals surface area contributed by atoms with Gasteiger partial charge in [0.05, 0.1) is 0 Å². The number of ether oxygens (including phenoxy) is 2. The van der Waals surface area contributed by atoms with Gasteiger partial charge in [-0.2, -0.15) is 0 Å². The molecule has 18 heavy (non-hydrogen) atoms. The van der Waals surface area contributed by atoms with Crippen LogP contribution in [-0.4, -0.2) is 23.2 Å². The second-order valence-corrected chi connectivity index (χ2v) is 5.01. The highest BCUT2D eigenvalue weighted by molar-refractivity contribution is 6.30. The van der Waals surface area contributed by atoms with E-state index in [-0.39, 0.29) is 0 Å². The Hall–Kier alpha value is -1.46. The number of rotatable bonds is 3. The van der Waals surface area contributed by atoms with Crippen molar-refractivity contribution in [3.63, 3.8) is 0 Å². The second-order valence-electron chi connectivity index (χ2n) is 4.57. The summed E-state index contributed by atoms with van der Waals surface area (Å²) in [4.78, 5) is 11.3. The van der Waals surface area contributed by atoms with Gasteiger partial charge in [-0.15, -0.1) is 0 Å². The Morgan fingerprint density at radius 2 is 1.89 bits per heavy atom. The van der Waals surface area contributed by atoms with E-state index in [1.165, 1.54) is 0 Å². The summed E-state index contributed by atoms with van der Waals surface area (Å²) >= 11 is 5.70. The number of amides is 1. The third-order valence-electron chi connectivity index (χ3n) is 1.70. The van der Waals surface area contributed by atoms with Gasteiger partial charge in [0.2, 0.25) is 0 Å². The third kappa shape index (κ3) is 5.75. The summed E-state index contributed by atoms with van der Waals surface area (Å²) in [7, 11) is 0. The van der Waals surface area contributed by atoms with Gasteiger partial charge >= 0.3 is 6.09 Å². The number of nitrogens with one attached hydrogen (secondary N) is 1. The molecule has 0 spiro atoms. The third-order valence-corrected chi connectivity index (χ3v) is 1.95. The molecule has 1 aromatic rings. The maximum Gasteiger partial charge on any atom is 0.412 e. The summed E-state index contributed by atoms with van der Waals surface area (Å²) < 4.78 is 9.99. The molecule has 0 aliphatic rings. The summed E-state index contributed by atoms with van der Waals surface area (Å²) in [6.07, 6.45) is -2.25. The minimum absolute atomic E-state index is 0.378. The van der Waals surface area contributed by atoms with E-state index in [0.29, 0.717) is 10.8 Å². The highest BCUT2D eigenvalue weighted by Crippen LogP contribution is 2.16. The maximum atomic E-state index is 11.3. The second kappa shape index (κ2) is 5.93. The van der Waals surface area contributed by atoms with E-state index >= 15 is 0 Å². The van der Waals surface area contributed by atoms with Crippen LogP contribution in [0.1, 0.15) is 20.8 Å². The molecule has 0 aliphatic heterocycles. The van der Waals surface area contributed by atoms with Crippen LogP contribution in [-0.2, 0) is 4.74 Å². The number of hydrogen-bond donors (Lipinski definition) is 2. The van der Waals surface area contributed by atoms with Crippen molar-refractivity contribution in [2.24, 2.45) is 0 Å². The van der Waals surface area contributed by atoms with Gasteiger partial charge in [-0.3, -0.25) is 5.32 Å². The number of alkyl carbamates (subject to hydrolysis) is 1. The van der Waals surface area contributed by atoms with Crippen molar-refractivity contribution >= 4 is 17.7 Å². The Bertz CT molecular complexity index is 400. The number of hydrogen-bond acceptors (Lipinski definition) is 4. The van der Waals surface area contributed by atoms with Crippen LogP contribution in [0.5, 0.6) is 5.75 Å². The van der Waals surface area contributed by atoms with Crippen LogP contribution in [0.15, 0.2) is 24.3 Å². The molecule has 0 aliphatic carbocycles. The summed E-state index contributed by atoms with van der Waals surface area (Å²) in [5.41, 5.74) is -0.635. The summed E-state index contributed by atoms with van der Waals surface area (Å²) in [6.45, 7) is 5.16. The van der Waals surface area contributed by atoms with Crippen molar-refractivity contribution in [2.75, 3.05) is 0 Å². The molecular formula is C12H16ClNO4. The lowest BCUT2D eigenvalue weighted by atomic mass is 10.2. The molecule has 100 valence electrons. The van der Waals surface area contributed by atoms with Crippen LogP contribution in [0.4, 0.5) is 4.79 Å². The van der Waals surface area contributed by atoms with E-state index < -0.39 is 18.1 Å². The number of halogens is 1. The molecule has 0 unspecified atom stereocenters. The minimum atomic E-state index is -1.49.